The summed E-state index contributed by atoms with van der Waals surface area (Å²) in [5, 5.41) is 3.82. The second-order valence-corrected chi connectivity index (χ2v) is 3.01. The van der Waals surface area contributed by atoms with Crippen molar-refractivity contribution in [2.75, 3.05) is 12.5 Å². The highest BCUT2D eigenvalue weighted by atomic mass is 35.5. The number of halogens is 1. The van der Waals surface area contributed by atoms with Gasteiger partial charge in [0.2, 0.25) is 0 Å². The number of unbranched alkanes of at least 4 members (excludes halogenated alkanes) is 1. The molecule has 0 radical (unpaired) electrons. The predicted molar refractivity (Wildman–Crippen MR) is 58.4 cm³/mol. The standard InChI is InChI=1S/C10H18ClNO/c1-3-5-7-13-12-9-10(8-11)6-4-2/h6,9H,3-5,7-8H2,1-2H3. The first kappa shape index (κ1) is 12.5. The van der Waals surface area contributed by atoms with Gasteiger partial charge in [0, 0.05) is 5.88 Å². The normalized spacial score (nSPS) is 12.4. The highest BCUT2D eigenvalue weighted by Crippen LogP contribution is 1.97. The molecule has 0 fully saturated rings. The van der Waals surface area contributed by atoms with Gasteiger partial charge in [-0.1, -0.05) is 31.5 Å². The molecule has 3 heteroatoms. The third kappa shape index (κ3) is 7.85. The van der Waals surface area contributed by atoms with Gasteiger partial charge in [-0.2, -0.15) is 0 Å². The number of rotatable bonds is 7. The van der Waals surface area contributed by atoms with Crippen molar-refractivity contribution >= 4 is 17.8 Å². The van der Waals surface area contributed by atoms with Crippen LogP contribution in [0.25, 0.3) is 0 Å². The second kappa shape index (κ2) is 9.59. The number of oxime groups is 1. The summed E-state index contributed by atoms with van der Waals surface area (Å²) in [6.45, 7) is 4.88. The van der Waals surface area contributed by atoms with Crippen molar-refractivity contribution in [3.8, 4) is 0 Å². The third-order valence-electron chi connectivity index (χ3n) is 1.50. The molecular formula is C10H18ClNO. The summed E-state index contributed by atoms with van der Waals surface area (Å²) in [5.41, 5.74) is 1.01. The molecule has 0 spiro atoms. The van der Waals surface area contributed by atoms with E-state index in [9.17, 15) is 0 Å². The van der Waals surface area contributed by atoms with Crippen LogP contribution >= 0.6 is 11.6 Å². The zero-order chi connectivity index (χ0) is 9.94. The van der Waals surface area contributed by atoms with E-state index < -0.39 is 0 Å². The molecule has 0 aliphatic rings. The third-order valence-corrected chi connectivity index (χ3v) is 1.81. The Morgan fingerprint density at radius 1 is 1.46 bits per heavy atom. The fourth-order valence-electron chi connectivity index (χ4n) is 0.771. The maximum absolute atomic E-state index is 5.67. The minimum absolute atomic E-state index is 0.495. The van der Waals surface area contributed by atoms with Crippen LogP contribution in [0.15, 0.2) is 16.8 Å². The minimum Gasteiger partial charge on any atom is -0.396 e. The van der Waals surface area contributed by atoms with Gasteiger partial charge >= 0.3 is 0 Å². The lowest BCUT2D eigenvalue weighted by molar-refractivity contribution is 0.142. The van der Waals surface area contributed by atoms with Crippen LogP contribution < -0.4 is 0 Å². The van der Waals surface area contributed by atoms with E-state index in [0.717, 1.165) is 24.8 Å². The van der Waals surface area contributed by atoms with E-state index in [1.807, 2.05) is 6.08 Å². The molecule has 2 nitrogen and oxygen atoms in total. The summed E-state index contributed by atoms with van der Waals surface area (Å²) in [4.78, 5) is 5.02. The molecule has 0 aromatic heterocycles. The van der Waals surface area contributed by atoms with E-state index in [1.54, 1.807) is 6.21 Å². The first-order chi connectivity index (χ1) is 6.35. The molecule has 0 atom stereocenters. The summed E-state index contributed by atoms with van der Waals surface area (Å²) in [5.74, 6) is 0.495. The van der Waals surface area contributed by atoms with Crippen molar-refractivity contribution in [2.24, 2.45) is 5.16 Å². The summed E-state index contributed by atoms with van der Waals surface area (Å²) < 4.78 is 0. The van der Waals surface area contributed by atoms with Crippen LogP contribution in [0.3, 0.4) is 0 Å². The van der Waals surface area contributed by atoms with E-state index in [0.29, 0.717) is 12.5 Å². The predicted octanol–water partition coefficient (Wildman–Crippen LogP) is 3.36. The lowest BCUT2D eigenvalue weighted by Gasteiger charge is -1.96. The van der Waals surface area contributed by atoms with Gasteiger partial charge < -0.3 is 4.84 Å². The quantitative estimate of drug-likeness (QED) is 0.269. The maximum Gasteiger partial charge on any atom is 0.117 e. The Hall–Kier alpha value is -0.500. The molecular weight excluding hydrogens is 186 g/mol. The second-order valence-electron chi connectivity index (χ2n) is 2.74. The molecule has 0 unspecified atom stereocenters. The van der Waals surface area contributed by atoms with Crippen LogP contribution in [0.2, 0.25) is 0 Å². The van der Waals surface area contributed by atoms with E-state index in [1.165, 1.54) is 0 Å². The number of nitrogens with zero attached hydrogens (tertiary/aromatic N) is 1. The van der Waals surface area contributed by atoms with Gasteiger partial charge in [0.25, 0.3) is 0 Å². The van der Waals surface area contributed by atoms with Crippen molar-refractivity contribution in [1.29, 1.82) is 0 Å². The first-order valence-electron chi connectivity index (χ1n) is 4.75. The SMILES string of the molecule is CCC=C(C=NOCCCC)CCl. The molecule has 0 bridgehead atoms. The van der Waals surface area contributed by atoms with Gasteiger partial charge in [-0.15, -0.1) is 11.6 Å². The smallest absolute Gasteiger partial charge is 0.117 e. The largest absolute Gasteiger partial charge is 0.396 e. The molecule has 13 heavy (non-hydrogen) atoms. The fraction of sp³-hybridized carbons (Fsp3) is 0.700. The molecule has 0 amide bonds. The summed E-state index contributed by atoms with van der Waals surface area (Å²) in [7, 11) is 0. The maximum atomic E-state index is 5.67. The van der Waals surface area contributed by atoms with Crippen molar-refractivity contribution in [2.45, 2.75) is 33.1 Å². The zero-order valence-electron chi connectivity index (χ0n) is 8.42. The number of hydrogen-bond donors (Lipinski definition) is 0. The Balaban J connectivity index is 3.61. The molecule has 76 valence electrons. The van der Waals surface area contributed by atoms with Crippen LogP contribution in [0.1, 0.15) is 33.1 Å². The van der Waals surface area contributed by atoms with Crippen LogP contribution in [-0.4, -0.2) is 18.7 Å². The monoisotopic (exact) mass is 203 g/mol. The van der Waals surface area contributed by atoms with Gasteiger partial charge in [0.15, 0.2) is 0 Å². The molecule has 0 aliphatic carbocycles. The van der Waals surface area contributed by atoms with E-state index in [4.69, 9.17) is 16.4 Å². The number of alkyl halides is 1. The highest BCUT2D eigenvalue weighted by Gasteiger charge is 1.88. The first-order valence-corrected chi connectivity index (χ1v) is 5.28. The Labute approximate surface area is 85.6 Å². The Kier molecular flexibility index (Phi) is 9.22. The van der Waals surface area contributed by atoms with Crippen molar-refractivity contribution in [3.63, 3.8) is 0 Å². The minimum atomic E-state index is 0.495. The Bertz CT molecular complexity index is 166. The van der Waals surface area contributed by atoms with Crippen LogP contribution in [-0.2, 0) is 4.84 Å². The van der Waals surface area contributed by atoms with Crippen molar-refractivity contribution in [1.82, 2.24) is 0 Å². The summed E-state index contributed by atoms with van der Waals surface area (Å²) >= 11 is 5.67. The summed E-state index contributed by atoms with van der Waals surface area (Å²) in [6, 6.07) is 0. The van der Waals surface area contributed by atoms with Crippen LogP contribution in [0.4, 0.5) is 0 Å². The van der Waals surface area contributed by atoms with Gasteiger partial charge in [0.05, 0.1) is 6.21 Å². The number of allylic oxidation sites excluding steroid dienone is 2. The average Bonchev–Trinajstić information content (AvgIpc) is 2.16. The molecule has 0 N–H and O–H groups in total. The lowest BCUT2D eigenvalue weighted by atomic mass is 10.3. The molecule has 0 rings (SSSR count). The molecule has 0 aliphatic heterocycles. The van der Waals surface area contributed by atoms with E-state index in [2.05, 4.69) is 19.0 Å². The Morgan fingerprint density at radius 3 is 2.77 bits per heavy atom. The van der Waals surface area contributed by atoms with Crippen molar-refractivity contribution in [3.05, 3.63) is 11.6 Å². The molecule has 0 aromatic rings. The van der Waals surface area contributed by atoms with E-state index in [-0.39, 0.29) is 0 Å². The summed E-state index contributed by atoms with van der Waals surface area (Å²) in [6.07, 6.45) is 6.88. The molecule has 0 saturated carbocycles. The highest BCUT2D eigenvalue weighted by molar-refractivity contribution is 6.21. The molecule has 0 aromatic carbocycles. The number of hydrogen-bond acceptors (Lipinski definition) is 2. The van der Waals surface area contributed by atoms with Crippen LogP contribution in [0.5, 0.6) is 0 Å². The van der Waals surface area contributed by atoms with Gasteiger partial charge in [-0.25, -0.2) is 0 Å². The molecule has 0 saturated heterocycles. The zero-order valence-corrected chi connectivity index (χ0v) is 9.18. The topological polar surface area (TPSA) is 21.6 Å². The molecule has 0 heterocycles. The average molecular weight is 204 g/mol. The van der Waals surface area contributed by atoms with Gasteiger partial charge in [0.1, 0.15) is 6.61 Å². The van der Waals surface area contributed by atoms with Gasteiger partial charge in [-0.3, -0.25) is 0 Å². The van der Waals surface area contributed by atoms with E-state index >= 15 is 0 Å². The van der Waals surface area contributed by atoms with Gasteiger partial charge in [-0.05, 0) is 18.4 Å². The fourth-order valence-corrected chi connectivity index (χ4v) is 0.949. The van der Waals surface area contributed by atoms with Crippen molar-refractivity contribution < 1.29 is 4.84 Å². The lowest BCUT2D eigenvalue weighted by Crippen LogP contribution is -1.90. The van der Waals surface area contributed by atoms with Crippen LogP contribution in [0, 0.1) is 0 Å². The Morgan fingerprint density at radius 2 is 2.23 bits per heavy atom.